The lowest BCUT2D eigenvalue weighted by Gasteiger charge is -2.11. The number of benzene rings is 2. The number of anilines is 1. The fourth-order valence-corrected chi connectivity index (χ4v) is 4.50. The van der Waals surface area contributed by atoms with Gasteiger partial charge in [0.15, 0.2) is 0 Å². The van der Waals surface area contributed by atoms with Crippen LogP contribution in [0.15, 0.2) is 53.0 Å². The molecule has 1 aliphatic heterocycles. The van der Waals surface area contributed by atoms with Crippen molar-refractivity contribution in [2.75, 3.05) is 5.32 Å². The summed E-state index contributed by atoms with van der Waals surface area (Å²) < 4.78 is 27.5. The van der Waals surface area contributed by atoms with Crippen molar-refractivity contribution < 1.29 is 13.4 Å². The zero-order chi connectivity index (χ0) is 18.3. The predicted octanol–water partition coefficient (Wildman–Crippen LogP) is 3.79. The molecular formula is C18H13BrFN3O2S. The molecule has 0 radical (unpaired) electrons. The number of nitrogens with one attached hydrogen (secondary N) is 1. The number of fused-ring (bicyclic) bond motifs is 1. The second kappa shape index (κ2) is 6.77. The molecule has 0 saturated heterocycles. The molecule has 1 N–H and O–H groups in total. The van der Waals surface area contributed by atoms with Gasteiger partial charge in [-0.3, -0.25) is 9.00 Å². The van der Waals surface area contributed by atoms with Gasteiger partial charge in [0.05, 0.1) is 22.9 Å². The minimum atomic E-state index is -1.02. The molecule has 2 aromatic carbocycles. The van der Waals surface area contributed by atoms with Gasteiger partial charge in [-0.15, -0.1) is 0 Å². The van der Waals surface area contributed by atoms with Crippen LogP contribution in [0.4, 0.5) is 10.2 Å². The molecule has 1 amide bonds. The van der Waals surface area contributed by atoms with Crippen LogP contribution in [0.3, 0.4) is 0 Å². The molecule has 1 unspecified atom stereocenters. The average molecular weight is 434 g/mol. The van der Waals surface area contributed by atoms with Gasteiger partial charge >= 0.3 is 0 Å². The van der Waals surface area contributed by atoms with E-state index in [4.69, 9.17) is 0 Å². The van der Waals surface area contributed by atoms with Gasteiger partial charge in [-0.2, -0.15) is 5.10 Å². The number of carbonyl (C=O) groups is 1. The van der Waals surface area contributed by atoms with Crippen LogP contribution in [0.25, 0.3) is 5.69 Å². The Kier molecular flexibility index (Phi) is 4.46. The highest BCUT2D eigenvalue weighted by Gasteiger charge is 2.28. The number of amides is 1. The summed E-state index contributed by atoms with van der Waals surface area (Å²) in [6.45, 7) is 0. The number of aromatic nitrogens is 2. The van der Waals surface area contributed by atoms with Gasteiger partial charge in [0, 0.05) is 26.4 Å². The summed E-state index contributed by atoms with van der Waals surface area (Å²) in [5.74, 6) is 0.514. The first kappa shape index (κ1) is 17.1. The topological polar surface area (TPSA) is 64.0 Å². The highest BCUT2D eigenvalue weighted by molar-refractivity contribution is 9.10. The van der Waals surface area contributed by atoms with Crippen molar-refractivity contribution >= 4 is 38.5 Å². The lowest BCUT2D eigenvalue weighted by molar-refractivity contribution is 0.102. The molecule has 2 heterocycles. The van der Waals surface area contributed by atoms with E-state index in [2.05, 4.69) is 26.3 Å². The van der Waals surface area contributed by atoms with Crippen molar-refractivity contribution in [3.05, 3.63) is 75.6 Å². The Morgan fingerprint density at radius 2 is 1.96 bits per heavy atom. The Hall–Kier alpha value is -2.32. The molecule has 0 fully saturated rings. The molecule has 4 rings (SSSR count). The van der Waals surface area contributed by atoms with E-state index in [9.17, 15) is 13.4 Å². The van der Waals surface area contributed by atoms with Crippen molar-refractivity contribution in [1.82, 2.24) is 9.78 Å². The quantitative estimate of drug-likeness (QED) is 0.683. The third kappa shape index (κ3) is 3.22. The van der Waals surface area contributed by atoms with Crippen LogP contribution in [0.2, 0.25) is 0 Å². The number of carbonyl (C=O) groups excluding carboxylic acids is 1. The first-order valence-electron chi connectivity index (χ1n) is 7.80. The molecule has 0 aliphatic carbocycles. The Bertz CT molecular complexity index is 1030. The fourth-order valence-electron chi connectivity index (χ4n) is 2.83. The molecule has 0 saturated carbocycles. The summed E-state index contributed by atoms with van der Waals surface area (Å²) >= 11 is 3.35. The smallest absolute Gasteiger partial charge is 0.256 e. The molecular weight excluding hydrogens is 421 g/mol. The van der Waals surface area contributed by atoms with Crippen LogP contribution in [-0.2, 0) is 22.3 Å². The van der Waals surface area contributed by atoms with Gasteiger partial charge in [-0.25, -0.2) is 9.07 Å². The maximum atomic E-state index is 13.2. The Labute approximate surface area is 159 Å². The van der Waals surface area contributed by atoms with E-state index in [1.807, 2.05) is 6.07 Å². The summed E-state index contributed by atoms with van der Waals surface area (Å²) in [6, 6.07) is 12.9. The van der Waals surface area contributed by atoms with Gasteiger partial charge in [0.1, 0.15) is 11.6 Å². The molecule has 0 spiro atoms. The van der Waals surface area contributed by atoms with E-state index < -0.39 is 10.8 Å². The molecule has 3 aromatic rings. The SMILES string of the molecule is O=C(Nc1c2c(nn1-c1ccc(F)cc1)CS(=O)C2)c1cccc(Br)c1. The maximum absolute atomic E-state index is 13.2. The Morgan fingerprint density at radius 3 is 2.69 bits per heavy atom. The Morgan fingerprint density at radius 1 is 1.19 bits per heavy atom. The van der Waals surface area contributed by atoms with Crippen molar-refractivity contribution in [3.63, 3.8) is 0 Å². The van der Waals surface area contributed by atoms with E-state index in [0.717, 1.165) is 10.0 Å². The van der Waals surface area contributed by atoms with E-state index in [-0.39, 0.29) is 11.7 Å². The average Bonchev–Trinajstić information content (AvgIpc) is 3.13. The highest BCUT2D eigenvalue weighted by Crippen LogP contribution is 2.31. The highest BCUT2D eigenvalue weighted by atomic mass is 79.9. The van der Waals surface area contributed by atoms with Crippen LogP contribution in [0, 0.1) is 5.82 Å². The van der Waals surface area contributed by atoms with Crippen molar-refractivity contribution in [2.24, 2.45) is 0 Å². The summed E-state index contributed by atoms with van der Waals surface area (Å²) in [5.41, 5.74) is 2.56. The molecule has 0 bridgehead atoms. The standard InChI is InChI=1S/C18H13BrFN3O2S/c19-12-3-1-2-11(8-12)18(24)21-17-15-9-26(25)10-16(15)22-23(17)14-6-4-13(20)5-7-14/h1-8H,9-10H2,(H,21,24). The Balaban J connectivity index is 1.75. The molecule has 132 valence electrons. The van der Waals surface area contributed by atoms with Gasteiger partial charge < -0.3 is 5.32 Å². The zero-order valence-corrected chi connectivity index (χ0v) is 15.8. The normalized spacial score (nSPS) is 15.7. The van der Waals surface area contributed by atoms with Crippen molar-refractivity contribution in [3.8, 4) is 5.69 Å². The van der Waals surface area contributed by atoms with Crippen LogP contribution in [0.5, 0.6) is 0 Å². The third-order valence-corrected chi connectivity index (χ3v) is 5.76. The van der Waals surface area contributed by atoms with E-state index >= 15 is 0 Å². The largest absolute Gasteiger partial charge is 0.306 e. The summed E-state index contributed by atoms with van der Waals surface area (Å²) in [5, 5.41) is 7.36. The first-order valence-corrected chi connectivity index (χ1v) is 10.1. The molecule has 1 aromatic heterocycles. The summed E-state index contributed by atoms with van der Waals surface area (Å²) in [6.07, 6.45) is 0. The van der Waals surface area contributed by atoms with Gasteiger partial charge in [-0.1, -0.05) is 22.0 Å². The molecule has 26 heavy (non-hydrogen) atoms. The minimum Gasteiger partial charge on any atom is -0.306 e. The molecule has 1 atom stereocenters. The van der Waals surface area contributed by atoms with Crippen LogP contribution >= 0.6 is 15.9 Å². The molecule has 8 heteroatoms. The molecule has 5 nitrogen and oxygen atoms in total. The summed E-state index contributed by atoms with van der Waals surface area (Å²) in [4.78, 5) is 12.7. The number of halogens is 2. The lowest BCUT2D eigenvalue weighted by atomic mass is 10.2. The monoisotopic (exact) mass is 433 g/mol. The maximum Gasteiger partial charge on any atom is 0.256 e. The van der Waals surface area contributed by atoms with Crippen molar-refractivity contribution in [1.29, 1.82) is 0 Å². The number of hydrogen-bond acceptors (Lipinski definition) is 3. The molecule has 1 aliphatic rings. The van der Waals surface area contributed by atoms with E-state index in [1.165, 1.54) is 12.1 Å². The van der Waals surface area contributed by atoms with Crippen LogP contribution < -0.4 is 5.32 Å². The van der Waals surface area contributed by atoms with Crippen LogP contribution in [0.1, 0.15) is 21.6 Å². The van der Waals surface area contributed by atoms with Crippen LogP contribution in [-0.4, -0.2) is 19.9 Å². The van der Waals surface area contributed by atoms with E-state index in [1.54, 1.807) is 35.0 Å². The second-order valence-corrected chi connectivity index (χ2v) is 8.23. The van der Waals surface area contributed by atoms with E-state index in [0.29, 0.717) is 34.3 Å². The van der Waals surface area contributed by atoms with Gasteiger partial charge in [0.25, 0.3) is 5.91 Å². The zero-order valence-electron chi connectivity index (χ0n) is 13.4. The fraction of sp³-hybridized carbons (Fsp3) is 0.111. The second-order valence-electron chi connectivity index (χ2n) is 5.86. The third-order valence-electron chi connectivity index (χ3n) is 4.06. The number of hydrogen-bond donors (Lipinski definition) is 1. The van der Waals surface area contributed by atoms with Gasteiger partial charge in [0.2, 0.25) is 0 Å². The first-order chi connectivity index (χ1) is 12.5. The van der Waals surface area contributed by atoms with Gasteiger partial charge in [-0.05, 0) is 42.5 Å². The minimum absolute atomic E-state index is 0.296. The van der Waals surface area contributed by atoms with Crippen molar-refractivity contribution in [2.45, 2.75) is 11.5 Å². The predicted molar refractivity (Wildman–Crippen MR) is 101 cm³/mol. The summed E-state index contributed by atoms with van der Waals surface area (Å²) in [7, 11) is -1.02. The number of nitrogens with zero attached hydrogens (tertiary/aromatic N) is 2. The number of rotatable bonds is 3. The lowest BCUT2D eigenvalue weighted by Crippen LogP contribution is -2.16.